The highest BCUT2D eigenvalue weighted by molar-refractivity contribution is 7.46. The lowest BCUT2D eigenvalue weighted by Gasteiger charge is -2.18. The third-order valence-corrected chi connectivity index (χ3v) is 6.97. The molecule has 0 bridgehead atoms. The van der Waals surface area contributed by atoms with Crippen molar-refractivity contribution in [2.45, 2.75) is 148 Å². The topological polar surface area (TPSA) is 119 Å². The van der Waals surface area contributed by atoms with Crippen molar-refractivity contribution in [2.24, 2.45) is 0 Å². The monoisotopic (exact) mass is 588 g/mol. The summed E-state index contributed by atoms with van der Waals surface area (Å²) in [4.78, 5) is 42.3. The third kappa shape index (κ3) is 29.5. The molecule has 0 aromatic rings. The van der Waals surface area contributed by atoms with Gasteiger partial charge in [-0.25, -0.2) is 4.57 Å². The molecule has 0 radical (unpaired) electrons. The van der Waals surface area contributed by atoms with Crippen LogP contribution in [0.5, 0.6) is 0 Å². The van der Waals surface area contributed by atoms with E-state index in [0.717, 1.165) is 32.1 Å². The lowest BCUT2D eigenvalue weighted by molar-refractivity contribution is -0.161. The van der Waals surface area contributed by atoms with Gasteiger partial charge in [-0.2, -0.15) is 0 Å². The first-order valence-electron chi connectivity index (χ1n) is 15.6. The molecular weight excluding hydrogens is 531 g/mol. The molecule has 0 heterocycles. The normalized spacial score (nSPS) is 12.8. The summed E-state index contributed by atoms with van der Waals surface area (Å²) in [5.74, 6) is -0.967. The summed E-state index contributed by atoms with van der Waals surface area (Å²) in [5.41, 5.74) is 0. The molecule has 2 N–H and O–H groups in total. The number of phosphoric acid groups is 1. The molecule has 1 atom stereocenters. The van der Waals surface area contributed by atoms with E-state index in [9.17, 15) is 14.2 Å². The summed E-state index contributed by atoms with van der Waals surface area (Å²) in [5, 5.41) is 0. The van der Waals surface area contributed by atoms with E-state index >= 15 is 0 Å². The van der Waals surface area contributed by atoms with Crippen molar-refractivity contribution in [1.82, 2.24) is 0 Å². The number of phosphoric ester groups is 1. The van der Waals surface area contributed by atoms with E-state index in [1.54, 1.807) is 0 Å². The Kier molecular flexibility index (Phi) is 26.7. The van der Waals surface area contributed by atoms with Crippen molar-refractivity contribution in [3.05, 3.63) is 24.3 Å². The van der Waals surface area contributed by atoms with Crippen molar-refractivity contribution in [2.75, 3.05) is 13.2 Å². The van der Waals surface area contributed by atoms with Crippen LogP contribution in [0.4, 0.5) is 0 Å². The highest BCUT2D eigenvalue weighted by Crippen LogP contribution is 2.35. The fraction of sp³-hybridized carbons (Fsp3) is 0.806. The van der Waals surface area contributed by atoms with E-state index in [-0.39, 0.29) is 19.4 Å². The van der Waals surface area contributed by atoms with Gasteiger partial charge in [0, 0.05) is 12.8 Å². The van der Waals surface area contributed by atoms with Crippen LogP contribution in [0.2, 0.25) is 0 Å². The number of hydrogen-bond donors (Lipinski definition) is 2. The molecule has 0 rings (SSSR count). The fourth-order valence-electron chi connectivity index (χ4n) is 4.13. The molecule has 1 unspecified atom stereocenters. The number of carbonyl (C=O) groups is 2. The summed E-state index contributed by atoms with van der Waals surface area (Å²) in [6.07, 6.45) is 27.8. The zero-order chi connectivity index (χ0) is 29.7. The predicted octanol–water partition coefficient (Wildman–Crippen LogP) is 8.50. The van der Waals surface area contributed by atoms with Gasteiger partial charge in [0.05, 0.1) is 6.61 Å². The Labute approximate surface area is 243 Å². The van der Waals surface area contributed by atoms with Crippen LogP contribution in [0.1, 0.15) is 142 Å². The molecule has 9 heteroatoms. The van der Waals surface area contributed by atoms with Crippen LogP contribution >= 0.6 is 7.82 Å². The summed E-state index contributed by atoms with van der Waals surface area (Å²) >= 11 is 0. The van der Waals surface area contributed by atoms with Gasteiger partial charge in [-0.1, -0.05) is 122 Å². The minimum atomic E-state index is -4.75. The average molecular weight is 589 g/mol. The van der Waals surface area contributed by atoms with Crippen LogP contribution in [0.15, 0.2) is 24.3 Å². The second-order valence-electron chi connectivity index (χ2n) is 10.4. The summed E-state index contributed by atoms with van der Waals surface area (Å²) in [6.45, 7) is 3.56. The lowest BCUT2D eigenvalue weighted by Crippen LogP contribution is -2.29. The van der Waals surface area contributed by atoms with Crippen LogP contribution < -0.4 is 0 Å². The maximum absolute atomic E-state index is 12.2. The number of unbranched alkanes of at least 4 members (excludes halogenated alkanes) is 14. The van der Waals surface area contributed by atoms with Gasteiger partial charge in [-0.15, -0.1) is 0 Å². The Morgan fingerprint density at radius 1 is 0.650 bits per heavy atom. The van der Waals surface area contributed by atoms with Crippen LogP contribution in [0.25, 0.3) is 0 Å². The Hall–Kier alpha value is -1.47. The number of allylic oxidation sites excluding steroid dienone is 4. The van der Waals surface area contributed by atoms with Gasteiger partial charge in [-0.3, -0.25) is 14.1 Å². The van der Waals surface area contributed by atoms with Gasteiger partial charge in [0.1, 0.15) is 6.61 Å². The second-order valence-corrected chi connectivity index (χ2v) is 11.7. The highest BCUT2D eigenvalue weighted by atomic mass is 31.2. The third-order valence-electron chi connectivity index (χ3n) is 6.49. The van der Waals surface area contributed by atoms with Crippen molar-refractivity contribution in [1.29, 1.82) is 0 Å². The SMILES string of the molecule is CCCCCCCC/C=C/C/C=C/CCC(=O)OC(COC(=O)CCCCCCCCCCC)COP(=O)(O)O. The molecule has 0 aromatic heterocycles. The largest absolute Gasteiger partial charge is 0.469 e. The standard InChI is InChI=1S/C31H57O8P/c1-3-5-7-9-11-13-14-15-16-18-20-22-24-26-31(33)39-29(28-38-40(34,35)36)27-37-30(32)25-23-21-19-17-12-10-8-6-4-2/h15-16,20,22,29H,3-14,17-19,21,23-28H2,1-2H3,(H2,34,35,36)/b16-15+,22-20+. The summed E-state index contributed by atoms with van der Waals surface area (Å²) in [6, 6.07) is 0. The molecule has 40 heavy (non-hydrogen) atoms. The molecule has 0 amide bonds. The number of ether oxygens (including phenoxy) is 2. The van der Waals surface area contributed by atoms with Crippen molar-refractivity contribution in [3.8, 4) is 0 Å². The molecule has 0 saturated heterocycles. The maximum atomic E-state index is 12.2. The molecular formula is C31H57O8P. The van der Waals surface area contributed by atoms with E-state index in [1.165, 1.54) is 77.0 Å². The molecule has 0 aromatic carbocycles. The van der Waals surface area contributed by atoms with Gasteiger partial charge in [-0.05, 0) is 32.1 Å². The summed E-state index contributed by atoms with van der Waals surface area (Å²) < 4.78 is 26.0. The minimum Gasteiger partial charge on any atom is -0.462 e. The van der Waals surface area contributed by atoms with E-state index < -0.39 is 32.5 Å². The number of hydrogen-bond acceptors (Lipinski definition) is 6. The van der Waals surface area contributed by atoms with E-state index in [1.807, 2.05) is 12.2 Å². The van der Waals surface area contributed by atoms with Gasteiger partial charge in [0.2, 0.25) is 0 Å². The average Bonchev–Trinajstić information content (AvgIpc) is 2.91. The molecule has 0 aliphatic carbocycles. The fourth-order valence-corrected chi connectivity index (χ4v) is 4.49. The quantitative estimate of drug-likeness (QED) is 0.0404. The Balaban J connectivity index is 4.15. The first kappa shape index (κ1) is 38.5. The van der Waals surface area contributed by atoms with Crippen LogP contribution in [-0.2, 0) is 28.2 Å². The van der Waals surface area contributed by atoms with Gasteiger partial charge >= 0.3 is 19.8 Å². The van der Waals surface area contributed by atoms with E-state index in [0.29, 0.717) is 6.42 Å². The molecule has 234 valence electrons. The predicted molar refractivity (Wildman–Crippen MR) is 161 cm³/mol. The maximum Gasteiger partial charge on any atom is 0.469 e. The minimum absolute atomic E-state index is 0.108. The first-order chi connectivity index (χ1) is 19.3. The molecule has 0 spiro atoms. The van der Waals surface area contributed by atoms with Gasteiger partial charge in [0.25, 0.3) is 0 Å². The lowest BCUT2D eigenvalue weighted by atomic mass is 10.1. The van der Waals surface area contributed by atoms with Crippen LogP contribution in [0.3, 0.4) is 0 Å². The van der Waals surface area contributed by atoms with Gasteiger partial charge in [0.15, 0.2) is 6.10 Å². The molecule has 8 nitrogen and oxygen atoms in total. The van der Waals surface area contributed by atoms with E-state index in [4.69, 9.17) is 19.3 Å². The Morgan fingerprint density at radius 3 is 1.75 bits per heavy atom. The molecule has 0 fully saturated rings. The van der Waals surface area contributed by atoms with Crippen LogP contribution in [-0.4, -0.2) is 41.0 Å². The zero-order valence-electron chi connectivity index (χ0n) is 25.2. The smallest absolute Gasteiger partial charge is 0.462 e. The molecule has 0 aliphatic heterocycles. The van der Waals surface area contributed by atoms with Crippen LogP contribution in [0, 0.1) is 0 Å². The molecule has 0 saturated carbocycles. The van der Waals surface area contributed by atoms with Crippen molar-refractivity contribution in [3.63, 3.8) is 0 Å². The first-order valence-corrected chi connectivity index (χ1v) is 17.2. The number of esters is 2. The molecule has 0 aliphatic rings. The Morgan fingerprint density at radius 2 is 1.18 bits per heavy atom. The van der Waals surface area contributed by atoms with E-state index in [2.05, 4.69) is 30.5 Å². The summed E-state index contributed by atoms with van der Waals surface area (Å²) in [7, 11) is -4.75. The highest BCUT2D eigenvalue weighted by Gasteiger charge is 2.22. The van der Waals surface area contributed by atoms with Crippen molar-refractivity contribution < 1.29 is 37.9 Å². The Bertz CT molecular complexity index is 716. The van der Waals surface area contributed by atoms with Crippen molar-refractivity contribution >= 4 is 19.8 Å². The van der Waals surface area contributed by atoms with Gasteiger partial charge < -0.3 is 19.3 Å². The number of carbonyl (C=O) groups excluding carboxylic acids is 2. The zero-order valence-corrected chi connectivity index (χ0v) is 26.1. The number of rotatable bonds is 28. The second kappa shape index (κ2) is 27.7.